The number of thiocarbonyl (C=S) groups is 1. The van der Waals surface area contributed by atoms with Gasteiger partial charge in [-0.2, -0.15) is 0 Å². The Morgan fingerprint density at radius 3 is 2.65 bits per heavy atom. The van der Waals surface area contributed by atoms with Crippen LogP contribution in [0.4, 0.5) is 5.00 Å². The van der Waals surface area contributed by atoms with Crippen LogP contribution < -0.4 is 5.32 Å². The lowest BCUT2D eigenvalue weighted by atomic mass is 10.1. The van der Waals surface area contributed by atoms with Crippen molar-refractivity contribution >= 4 is 39.6 Å². The first-order chi connectivity index (χ1) is 9.54. The van der Waals surface area contributed by atoms with E-state index in [1.807, 2.05) is 18.7 Å². The lowest BCUT2D eigenvalue weighted by molar-refractivity contribution is 0.0601. The topological polar surface area (TPSA) is 50.8 Å². The van der Waals surface area contributed by atoms with Crippen LogP contribution in [-0.4, -0.2) is 49.4 Å². The number of carbonyl (C=O) groups excluding carboxylic acids is 1. The molecule has 110 valence electrons. The van der Waals surface area contributed by atoms with E-state index in [2.05, 4.69) is 5.32 Å². The molecule has 1 aliphatic rings. The number of hydrogen-bond donors (Lipinski definition) is 1. The summed E-state index contributed by atoms with van der Waals surface area (Å²) in [6.45, 7) is 6.78. The zero-order valence-corrected chi connectivity index (χ0v) is 13.4. The predicted octanol–water partition coefficient (Wildman–Crippen LogP) is 2.18. The average molecular weight is 314 g/mol. The third-order valence-electron chi connectivity index (χ3n) is 3.29. The van der Waals surface area contributed by atoms with Gasteiger partial charge in [-0.3, -0.25) is 0 Å². The number of rotatable bonds is 2. The van der Waals surface area contributed by atoms with Crippen molar-refractivity contribution in [3.63, 3.8) is 0 Å². The first-order valence-corrected chi connectivity index (χ1v) is 7.59. The van der Waals surface area contributed by atoms with Gasteiger partial charge < -0.3 is 19.7 Å². The van der Waals surface area contributed by atoms with Crippen molar-refractivity contribution in [3.05, 3.63) is 16.0 Å². The van der Waals surface area contributed by atoms with Crippen LogP contribution in [0.15, 0.2) is 0 Å². The van der Waals surface area contributed by atoms with Crippen LogP contribution in [0.5, 0.6) is 0 Å². The summed E-state index contributed by atoms with van der Waals surface area (Å²) in [4.78, 5) is 15.0. The van der Waals surface area contributed by atoms with Gasteiger partial charge in [-0.25, -0.2) is 4.79 Å². The normalized spacial score (nSPS) is 15.1. The summed E-state index contributed by atoms with van der Waals surface area (Å²) in [6, 6.07) is 0. The van der Waals surface area contributed by atoms with Gasteiger partial charge in [-0.1, -0.05) is 0 Å². The highest BCUT2D eigenvalue weighted by Gasteiger charge is 2.22. The minimum atomic E-state index is -0.334. The number of esters is 1. The van der Waals surface area contributed by atoms with E-state index >= 15 is 0 Å². The van der Waals surface area contributed by atoms with E-state index in [0.717, 1.165) is 28.5 Å². The molecule has 0 radical (unpaired) electrons. The van der Waals surface area contributed by atoms with Crippen molar-refractivity contribution in [1.82, 2.24) is 4.90 Å². The maximum atomic E-state index is 11.9. The van der Waals surface area contributed by atoms with Crippen LogP contribution in [0, 0.1) is 13.8 Å². The van der Waals surface area contributed by atoms with Crippen molar-refractivity contribution in [2.75, 3.05) is 38.7 Å². The third-order valence-corrected chi connectivity index (χ3v) is 4.78. The molecular formula is C13H18N2O3S2. The zero-order valence-electron chi connectivity index (χ0n) is 11.8. The van der Waals surface area contributed by atoms with Crippen molar-refractivity contribution in [1.29, 1.82) is 0 Å². The third kappa shape index (κ3) is 3.11. The lowest BCUT2D eigenvalue weighted by Crippen LogP contribution is -2.42. The smallest absolute Gasteiger partial charge is 0.341 e. The monoisotopic (exact) mass is 314 g/mol. The van der Waals surface area contributed by atoms with Crippen LogP contribution in [0.25, 0.3) is 0 Å². The molecule has 1 aromatic rings. The van der Waals surface area contributed by atoms with Crippen molar-refractivity contribution in [2.24, 2.45) is 0 Å². The summed E-state index contributed by atoms with van der Waals surface area (Å²) in [5, 5.41) is 4.55. The summed E-state index contributed by atoms with van der Waals surface area (Å²) in [7, 11) is 1.39. The maximum absolute atomic E-state index is 11.9. The van der Waals surface area contributed by atoms with E-state index < -0.39 is 0 Å². The zero-order chi connectivity index (χ0) is 14.7. The van der Waals surface area contributed by atoms with Crippen LogP contribution in [0.2, 0.25) is 0 Å². The highest BCUT2D eigenvalue weighted by molar-refractivity contribution is 7.80. The second-order valence-corrected chi connectivity index (χ2v) is 6.12. The van der Waals surface area contributed by atoms with Crippen molar-refractivity contribution in [2.45, 2.75) is 13.8 Å². The summed E-state index contributed by atoms with van der Waals surface area (Å²) >= 11 is 6.92. The first kappa shape index (κ1) is 15.2. The van der Waals surface area contributed by atoms with E-state index in [4.69, 9.17) is 21.7 Å². The molecule has 0 aliphatic carbocycles. The molecule has 1 fully saturated rings. The van der Waals surface area contributed by atoms with Gasteiger partial charge in [-0.05, 0) is 31.6 Å². The lowest BCUT2D eigenvalue weighted by Gasteiger charge is -2.29. The largest absolute Gasteiger partial charge is 0.465 e. The average Bonchev–Trinajstić information content (AvgIpc) is 2.74. The number of carbonyl (C=O) groups is 1. The second-order valence-electron chi connectivity index (χ2n) is 4.51. The van der Waals surface area contributed by atoms with Gasteiger partial charge in [0, 0.05) is 18.0 Å². The van der Waals surface area contributed by atoms with Gasteiger partial charge in [0.2, 0.25) is 0 Å². The molecule has 0 bridgehead atoms. The Hall–Kier alpha value is -1.18. The van der Waals surface area contributed by atoms with Gasteiger partial charge >= 0.3 is 5.97 Å². The second kappa shape index (κ2) is 6.51. The van der Waals surface area contributed by atoms with Gasteiger partial charge in [0.15, 0.2) is 5.11 Å². The molecule has 2 rings (SSSR count). The molecule has 2 heterocycles. The predicted molar refractivity (Wildman–Crippen MR) is 83.7 cm³/mol. The minimum Gasteiger partial charge on any atom is -0.465 e. The van der Waals surface area contributed by atoms with E-state index in [0.29, 0.717) is 23.9 Å². The standard InChI is InChI=1S/C13H18N2O3S2/c1-8-9(2)20-11(10(8)12(16)17-3)14-13(19)15-4-6-18-7-5-15/h4-7H2,1-3H3,(H,14,19). The number of morpholine rings is 1. The van der Waals surface area contributed by atoms with E-state index in [-0.39, 0.29) is 5.97 Å². The first-order valence-electron chi connectivity index (χ1n) is 6.36. The molecule has 5 nitrogen and oxygen atoms in total. The summed E-state index contributed by atoms with van der Waals surface area (Å²) < 4.78 is 10.2. The number of nitrogens with zero attached hydrogens (tertiary/aromatic N) is 1. The van der Waals surface area contributed by atoms with Crippen molar-refractivity contribution < 1.29 is 14.3 Å². The molecule has 0 amide bonds. The van der Waals surface area contributed by atoms with E-state index in [9.17, 15) is 4.79 Å². The Labute approximate surface area is 127 Å². The molecule has 0 spiro atoms. The molecule has 1 aromatic heterocycles. The minimum absolute atomic E-state index is 0.334. The molecule has 20 heavy (non-hydrogen) atoms. The fourth-order valence-corrected chi connectivity index (χ4v) is 3.40. The van der Waals surface area contributed by atoms with Gasteiger partial charge in [-0.15, -0.1) is 11.3 Å². The number of thiophene rings is 1. The Kier molecular flexibility index (Phi) is 4.95. The van der Waals surface area contributed by atoms with Gasteiger partial charge in [0.25, 0.3) is 0 Å². The summed E-state index contributed by atoms with van der Waals surface area (Å²) in [5.41, 5.74) is 1.51. The van der Waals surface area contributed by atoms with Crippen LogP contribution >= 0.6 is 23.6 Å². The van der Waals surface area contributed by atoms with Crippen molar-refractivity contribution in [3.8, 4) is 0 Å². The quantitative estimate of drug-likeness (QED) is 0.667. The molecule has 0 atom stereocenters. The summed E-state index contributed by atoms with van der Waals surface area (Å²) in [6.07, 6.45) is 0. The van der Waals surface area contributed by atoms with Crippen LogP contribution in [0.1, 0.15) is 20.8 Å². The summed E-state index contributed by atoms with van der Waals surface area (Å²) in [5.74, 6) is -0.334. The molecule has 0 unspecified atom stereocenters. The highest BCUT2D eigenvalue weighted by Crippen LogP contribution is 2.33. The van der Waals surface area contributed by atoms with E-state index in [1.165, 1.54) is 18.4 Å². The van der Waals surface area contributed by atoms with Gasteiger partial charge in [0.1, 0.15) is 5.00 Å². The molecule has 1 aliphatic heterocycles. The molecule has 1 saturated heterocycles. The SMILES string of the molecule is COC(=O)c1c(NC(=S)N2CCOCC2)sc(C)c1C. The fourth-order valence-electron chi connectivity index (χ4n) is 2.01. The Morgan fingerprint density at radius 1 is 1.40 bits per heavy atom. The molecule has 0 aromatic carbocycles. The number of nitrogens with one attached hydrogen (secondary N) is 1. The Bertz CT molecular complexity index is 522. The number of ether oxygens (including phenoxy) is 2. The molecule has 0 saturated carbocycles. The Balaban J connectivity index is 2.18. The number of anilines is 1. The Morgan fingerprint density at radius 2 is 2.05 bits per heavy atom. The molecular weight excluding hydrogens is 296 g/mol. The van der Waals surface area contributed by atoms with Gasteiger partial charge in [0.05, 0.1) is 25.9 Å². The fraction of sp³-hybridized carbons (Fsp3) is 0.538. The number of hydrogen-bond acceptors (Lipinski definition) is 5. The number of aryl methyl sites for hydroxylation is 1. The maximum Gasteiger partial charge on any atom is 0.341 e. The molecule has 7 heteroatoms. The highest BCUT2D eigenvalue weighted by atomic mass is 32.1. The number of methoxy groups -OCH3 is 1. The van der Waals surface area contributed by atoms with Crippen LogP contribution in [-0.2, 0) is 9.47 Å². The van der Waals surface area contributed by atoms with E-state index in [1.54, 1.807) is 0 Å². The molecule has 1 N–H and O–H groups in total. The van der Waals surface area contributed by atoms with Crippen LogP contribution in [0.3, 0.4) is 0 Å².